The molecule has 0 unspecified atom stereocenters. The Hall–Kier alpha value is -3.20. The molecular formula is C31H32N2O. The van der Waals surface area contributed by atoms with Crippen molar-refractivity contribution in [3.8, 4) is 11.3 Å². The molecule has 34 heavy (non-hydrogen) atoms. The molecule has 3 heteroatoms. The largest absolute Gasteiger partial charge is 0.299 e. The minimum absolute atomic E-state index is 0.0895. The van der Waals surface area contributed by atoms with E-state index >= 15 is 0 Å². The van der Waals surface area contributed by atoms with E-state index in [1.54, 1.807) is 6.92 Å². The summed E-state index contributed by atoms with van der Waals surface area (Å²) in [6.07, 6.45) is 13.3. The Bertz CT molecular complexity index is 1300. The van der Waals surface area contributed by atoms with E-state index in [2.05, 4.69) is 45.8 Å². The zero-order valence-corrected chi connectivity index (χ0v) is 19.9. The standard InChI is InChI=1S/C31H32N2O/c1-21(34)23-6-14-28(15-7-23)30-17-16-29(31-32-18-19-33(30)31)20-22-2-4-24(5-3-22)25-8-10-26(11-9-25)27-12-13-27/h2-7,14-19,25-27H,8-13,20H2,1H3. The van der Waals surface area contributed by atoms with Crippen molar-refractivity contribution >= 4 is 11.4 Å². The maximum Gasteiger partial charge on any atom is 0.159 e. The van der Waals surface area contributed by atoms with E-state index in [1.807, 2.05) is 36.7 Å². The first-order valence-electron chi connectivity index (χ1n) is 12.8. The van der Waals surface area contributed by atoms with Gasteiger partial charge in [0, 0.05) is 24.4 Å². The van der Waals surface area contributed by atoms with Crippen LogP contribution in [0.25, 0.3) is 16.9 Å². The number of benzene rings is 2. The summed E-state index contributed by atoms with van der Waals surface area (Å²) in [6.45, 7) is 1.60. The molecule has 2 aromatic heterocycles. The van der Waals surface area contributed by atoms with Gasteiger partial charge in [-0.25, -0.2) is 4.98 Å². The Kier molecular flexibility index (Phi) is 5.57. The van der Waals surface area contributed by atoms with Gasteiger partial charge < -0.3 is 0 Å². The third-order valence-corrected chi connectivity index (χ3v) is 8.12. The lowest BCUT2D eigenvalue weighted by molar-refractivity contribution is 0.101. The van der Waals surface area contributed by atoms with Crippen molar-refractivity contribution in [2.75, 3.05) is 0 Å². The molecule has 0 amide bonds. The van der Waals surface area contributed by atoms with E-state index in [0.717, 1.165) is 46.6 Å². The molecule has 2 heterocycles. The molecule has 6 rings (SSSR count). The molecule has 0 radical (unpaired) electrons. The first-order chi connectivity index (χ1) is 16.7. The monoisotopic (exact) mass is 448 g/mol. The number of rotatable bonds is 6. The van der Waals surface area contributed by atoms with Gasteiger partial charge in [0.15, 0.2) is 5.78 Å². The summed E-state index contributed by atoms with van der Waals surface area (Å²) in [4.78, 5) is 16.3. The first kappa shape index (κ1) is 21.3. The number of fused-ring (bicyclic) bond motifs is 1. The highest BCUT2D eigenvalue weighted by Gasteiger charge is 2.34. The molecule has 2 aliphatic rings. The second-order valence-corrected chi connectivity index (χ2v) is 10.4. The number of Topliss-reactive ketones (excluding diaryl/α,β-unsaturated/α-hetero) is 1. The van der Waals surface area contributed by atoms with Gasteiger partial charge in [-0.1, -0.05) is 54.6 Å². The first-order valence-corrected chi connectivity index (χ1v) is 12.8. The Labute approximate surface area is 201 Å². The minimum Gasteiger partial charge on any atom is -0.299 e. The van der Waals surface area contributed by atoms with Crippen LogP contribution in [0.3, 0.4) is 0 Å². The fourth-order valence-electron chi connectivity index (χ4n) is 5.94. The van der Waals surface area contributed by atoms with Gasteiger partial charge in [-0.2, -0.15) is 0 Å². The molecule has 3 nitrogen and oxygen atoms in total. The average molecular weight is 449 g/mol. The highest BCUT2D eigenvalue weighted by molar-refractivity contribution is 5.94. The minimum atomic E-state index is 0.0895. The quantitative estimate of drug-likeness (QED) is 0.287. The predicted octanol–water partition coefficient (Wildman–Crippen LogP) is 7.48. The van der Waals surface area contributed by atoms with Crippen LogP contribution in [0.1, 0.15) is 78.4 Å². The molecule has 0 atom stereocenters. The van der Waals surface area contributed by atoms with Crippen LogP contribution in [-0.2, 0) is 6.42 Å². The van der Waals surface area contributed by atoms with E-state index in [0.29, 0.717) is 0 Å². The number of nitrogens with zero attached hydrogens (tertiary/aromatic N) is 2. The van der Waals surface area contributed by atoms with Crippen molar-refractivity contribution in [1.82, 2.24) is 9.38 Å². The van der Waals surface area contributed by atoms with Crippen LogP contribution in [0.5, 0.6) is 0 Å². The van der Waals surface area contributed by atoms with Gasteiger partial charge in [-0.15, -0.1) is 0 Å². The summed E-state index contributed by atoms with van der Waals surface area (Å²) in [5, 5.41) is 0. The normalized spacial score (nSPS) is 20.5. The summed E-state index contributed by atoms with van der Waals surface area (Å²) < 4.78 is 2.16. The number of hydrogen-bond acceptors (Lipinski definition) is 2. The molecule has 2 fully saturated rings. The van der Waals surface area contributed by atoms with Crippen LogP contribution in [-0.4, -0.2) is 15.2 Å². The Morgan fingerprint density at radius 3 is 2.18 bits per heavy atom. The Morgan fingerprint density at radius 1 is 0.853 bits per heavy atom. The Morgan fingerprint density at radius 2 is 1.53 bits per heavy atom. The number of ketones is 1. The summed E-state index contributed by atoms with van der Waals surface area (Å²) in [5.41, 5.74) is 7.99. The zero-order valence-electron chi connectivity index (χ0n) is 19.9. The predicted molar refractivity (Wildman–Crippen MR) is 137 cm³/mol. The number of carbonyl (C=O) groups is 1. The van der Waals surface area contributed by atoms with Crippen LogP contribution < -0.4 is 0 Å². The van der Waals surface area contributed by atoms with E-state index < -0.39 is 0 Å². The van der Waals surface area contributed by atoms with Crippen molar-refractivity contribution in [2.24, 2.45) is 11.8 Å². The lowest BCUT2D eigenvalue weighted by atomic mass is 9.77. The fraction of sp³-hybridized carbons (Fsp3) is 0.355. The molecule has 2 saturated carbocycles. The van der Waals surface area contributed by atoms with Gasteiger partial charge in [-0.3, -0.25) is 9.20 Å². The molecule has 2 aromatic carbocycles. The van der Waals surface area contributed by atoms with Gasteiger partial charge in [0.2, 0.25) is 0 Å². The molecular weight excluding hydrogens is 416 g/mol. The van der Waals surface area contributed by atoms with Crippen molar-refractivity contribution in [1.29, 1.82) is 0 Å². The van der Waals surface area contributed by atoms with Gasteiger partial charge in [0.1, 0.15) is 5.65 Å². The maximum absolute atomic E-state index is 11.6. The van der Waals surface area contributed by atoms with Gasteiger partial charge in [0.05, 0.1) is 5.69 Å². The molecule has 0 saturated heterocycles. The molecule has 0 spiro atoms. The summed E-state index contributed by atoms with van der Waals surface area (Å²) in [5.74, 6) is 2.92. The number of carbonyl (C=O) groups excluding carboxylic acids is 1. The SMILES string of the molecule is CC(=O)c1ccc(-c2ccc(Cc3ccc(C4CCC(C5CC5)CC4)cc3)c3nccn23)cc1. The lowest BCUT2D eigenvalue weighted by Gasteiger charge is -2.29. The van der Waals surface area contributed by atoms with Crippen LogP contribution in [0, 0.1) is 11.8 Å². The number of pyridine rings is 1. The lowest BCUT2D eigenvalue weighted by Crippen LogP contribution is -2.14. The molecule has 172 valence electrons. The highest BCUT2D eigenvalue weighted by Crippen LogP contribution is 2.47. The van der Waals surface area contributed by atoms with Gasteiger partial charge >= 0.3 is 0 Å². The number of aromatic nitrogens is 2. The average Bonchev–Trinajstić information content (AvgIpc) is 3.61. The topological polar surface area (TPSA) is 34.4 Å². The van der Waals surface area contributed by atoms with Crippen molar-refractivity contribution in [3.63, 3.8) is 0 Å². The second kappa shape index (κ2) is 8.87. The number of hydrogen-bond donors (Lipinski definition) is 0. The van der Waals surface area contributed by atoms with Crippen LogP contribution in [0.15, 0.2) is 73.1 Å². The van der Waals surface area contributed by atoms with Crippen molar-refractivity contribution in [2.45, 2.75) is 57.8 Å². The maximum atomic E-state index is 11.6. The third-order valence-electron chi connectivity index (χ3n) is 8.12. The van der Waals surface area contributed by atoms with Crippen molar-refractivity contribution < 1.29 is 4.79 Å². The summed E-state index contributed by atoms with van der Waals surface area (Å²) >= 11 is 0. The van der Waals surface area contributed by atoms with E-state index in [4.69, 9.17) is 0 Å². The second-order valence-electron chi connectivity index (χ2n) is 10.4. The molecule has 0 aliphatic heterocycles. The van der Waals surface area contributed by atoms with Gasteiger partial charge in [-0.05, 0) is 91.5 Å². The number of imidazole rings is 1. The Balaban J connectivity index is 1.19. The molecule has 0 bridgehead atoms. The van der Waals surface area contributed by atoms with E-state index in [9.17, 15) is 4.79 Å². The zero-order chi connectivity index (χ0) is 23.1. The van der Waals surface area contributed by atoms with E-state index in [1.165, 1.54) is 55.2 Å². The molecule has 4 aromatic rings. The van der Waals surface area contributed by atoms with Crippen molar-refractivity contribution in [3.05, 3.63) is 95.3 Å². The summed E-state index contributed by atoms with van der Waals surface area (Å²) in [7, 11) is 0. The summed E-state index contributed by atoms with van der Waals surface area (Å²) in [6, 6.07) is 21.6. The van der Waals surface area contributed by atoms with Crippen LogP contribution >= 0.6 is 0 Å². The fourth-order valence-corrected chi connectivity index (χ4v) is 5.94. The van der Waals surface area contributed by atoms with Crippen LogP contribution in [0.2, 0.25) is 0 Å². The molecule has 2 aliphatic carbocycles. The smallest absolute Gasteiger partial charge is 0.159 e. The van der Waals surface area contributed by atoms with Crippen LogP contribution in [0.4, 0.5) is 0 Å². The third kappa shape index (κ3) is 4.20. The highest BCUT2D eigenvalue weighted by atomic mass is 16.1. The van der Waals surface area contributed by atoms with E-state index in [-0.39, 0.29) is 5.78 Å². The van der Waals surface area contributed by atoms with Gasteiger partial charge in [0.25, 0.3) is 0 Å². The molecule has 0 N–H and O–H groups in total.